The number of carboxylic acid groups (broad SMARTS) is 1. The molecular weight excluding hydrogens is 204 g/mol. The minimum absolute atomic E-state index is 0.0885. The van der Waals surface area contributed by atoms with Crippen LogP contribution in [0.1, 0.15) is 52.9 Å². The second-order valence-corrected chi connectivity index (χ2v) is 5.37. The first kappa shape index (κ1) is 13.2. The molecule has 0 aliphatic heterocycles. The van der Waals surface area contributed by atoms with Gasteiger partial charge in [0.2, 0.25) is 0 Å². The van der Waals surface area contributed by atoms with E-state index in [0.29, 0.717) is 12.3 Å². The van der Waals surface area contributed by atoms with Crippen molar-refractivity contribution in [1.29, 1.82) is 0 Å². The maximum atomic E-state index is 12.2. The van der Waals surface area contributed by atoms with Crippen LogP contribution in [-0.2, 0) is 9.59 Å². The number of hydrogen-bond acceptors (Lipinski definition) is 2. The van der Waals surface area contributed by atoms with Gasteiger partial charge in [-0.1, -0.05) is 33.6 Å². The lowest BCUT2D eigenvalue weighted by molar-refractivity contribution is -0.150. The average Bonchev–Trinajstić information content (AvgIpc) is 2.71. The molecule has 1 fully saturated rings. The van der Waals surface area contributed by atoms with E-state index in [1.54, 1.807) is 6.92 Å². The van der Waals surface area contributed by atoms with Crippen molar-refractivity contribution in [1.82, 2.24) is 0 Å². The Morgan fingerprint density at radius 1 is 1.31 bits per heavy atom. The summed E-state index contributed by atoms with van der Waals surface area (Å²) in [5.41, 5.74) is -0.477. The normalized spacial score (nSPS) is 19.7. The van der Waals surface area contributed by atoms with Gasteiger partial charge in [-0.2, -0.15) is 0 Å². The van der Waals surface area contributed by atoms with Crippen molar-refractivity contribution in [2.24, 2.45) is 17.3 Å². The van der Waals surface area contributed by atoms with Gasteiger partial charge in [0, 0.05) is 5.41 Å². The van der Waals surface area contributed by atoms with Crippen LogP contribution in [0.25, 0.3) is 0 Å². The average molecular weight is 226 g/mol. The largest absolute Gasteiger partial charge is 0.481 e. The highest BCUT2D eigenvalue weighted by Gasteiger charge is 2.42. The molecule has 1 unspecified atom stereocenters. The van der Waals surface area contributed by atoms with Crippen LogP contribution in [0.2, 0.25) is 0 Å². The monoisotopic (exact) mass is 226 g/mol. The molecule has 0 amide bonds. The van der Waals surface area contributed by atoms with Crippen LogP contribution in [0.4, 0.5) is 0 Å². The van der Waals surface area contributed by atoms with Crippen LogP contribution in [0.5, 0.6) is 0 Å². The van der Waals surface area contributed by atoms with Gasteiger partial charge >= 0.3 is 5.97 Å². The molecule has 1 aliphatic rings. The maximum absolute atomic E-state index is 12.2. The minimum atomic E-state index is -0.974. The van der Waals surface area contributed by atoms with E-state index in [-0.39, 0.29) is 5.78 Å². The van der Waals surface area contributed by atoms with Gasteiger partial charge in [-0.05, 0) is 25.2 Å². The Hall–Kier alpha value is -0.860. The number of carboxylic acids is 1. The zero-order valence-electron chi connectivity index (χ0n) is 10.5. The number of ketones is 1. The Kier molecular flexibility index (Phi) is 4.11. The molecular formula is C13H22O3. The SMILES string of the molecule is CCC(C(=O)O)C(=O)C(C)(C)C1CCCC1. The zero-order chi connectivity index (χ0) is 12.3. The molecule has 0 spiro atoms. The van der Waals surface area contributed by atoms with Crippen molar-refractivity contribution >= 4 is 11.8 Å². The quantitative estimate of drug-likeness (QED) is 0.733. The van der Waals surface area contributed by atoms with E-state index >= 15 is 0 Å². The molecule has 0 aromatic rings. The van der Waals surface area contributed by atoms with E-state index in [9.17, 15) is 9.59 Å². The summed E-state index contributed by atoms with van der Waals surface area (Å²) in [4.78, 5) is 23.3. The molecule has 0 heterocycles. The molecule has 92 valence electrons. The maximum Gasteiger partial charge on any atom is 0.314 e. The Bertz CT molecular complexity index is 275. The fourth-order valence-corrected chi connectivity index (χ4v) is 2.77. The van der Waals surface area contributed by atoms with Gasteiger partial charge in [0.25, 0.3) is 0 Å². The predicted octanol–water partition coefficient (Wildman–Crippen LogP) is 2.88. The highest BCUT2D eigenvalue weighted by atomic mass is 16.4. The van der Waals surface area contributed by atoms with Gasteiger partial charge in [0.1, 0.15) is 5.92 Å². The van der Waals surface area contributed by atoms with Crippen molar-refractivity contribution in [2.75, 3.05) is 0 Å². The fourth-order valence-electron chi connectivity index (χ4n) is 2.77. The topological polar surface area (TPSA) is 54.4 Å². The van der Waals surface area contributed by atoms with Gasteiger partial charge in [-0.25, -0.2) is 0 Å². The summed E-state index contributed by atoms with van der Waals surface area (Å²) in [5.74, 6) is -1.52. The van der Waals surface area contributed by atoms with Crippen LogP contribution >= 0.6 is 0 Å². The number of aliphatic carboxylic acids is 1. The Balaban J connectivity index is 2.80. The van der Waals surface area contributed by atoms with Crippen LogP contribution in [-0.4, -0.2) is 16.9 Å². The lowest BCUT2D eigenvalue weighted by Gasteiger charge is -2.32. The Labute approximate surface area is 97.2 Å². The van der Waals surface area contributed by atoms with Gasteiger partial charge in [-0.15, -0.1) is 0 Å². The van der Waals surface area contributed by atoms with E-state index in [1.807, 2.05) is 13.8 Å². The number of Topliss-reactive ketones (excluding diaryl/α,β-unsaturated/α-hetero) is 1. The van der Waals surface area contributed by atoms with Crippen molar-refractivity contribution in [3.05, 3.63) is 0 Å². The van der Waals surface area contributed by atoms with Gasteiger partial charge < -0.3 is 5.11 Å². The van der Waals surface area contributed by atoms with Gasteiger partial charge in [0.05, 0.1) is 0 Å². The molecule has 3 nitrogen and oxygen atoms in total. The number of hydrogen-bond donors (Lipinski definition) is 1. The molecule has 1 N–H and O–H groups in total. The highest BCUT2D eigenvalue weighted by molar-refractivity contribution is 6.01. The standard InChI is InChI=1S/C13H22O3/c1-4-10(12(15)16)11(14)13(2,3)9-7-5-6-8-9/h9-10H,4-8H2,1-3H3,(H,15,16). The van der Waals surface area contributed by atoms with E-state index < -0.39 is 17.3 Å². The van der Waals surface area contributed by atoms with E-state index in [0.717, 1.165) is 12.8 Å². The van der Waals surface area contributed by atoms with Crippen LogP contribution in [0, 0.1) is 17.3 Å². The molecule has 0 saturated heterocycles. The van der Waals surface area contributed by atoms with Crippen molar-refractivity contribution in [3.63, 3.8) is 0 Å². The van der Waals surface area contributed by atoms with Crippen LogP contribution in [0.15, 0.2) is 0 Å². The molecule has 0 aromatic heterocycles. The molecule has 1 atom stereocenters. The van der Waals surface area contributed by atoms with Crippen LogP contribution < -0.4 is 0 Å². The van der Waals surface area contributed by atoms with E-state index in [1.165, 1.54) is 12.8 Å². The molecule has 1 rings (SSSR count). The van der Waals surface area contributed by atoms with Gasteiger partial charge in [-0.3, -0.25) is 9.59 Å². The summed E-state index contributed by atoms with van der Waals surface area (Å²) < 4.78 is 0. The summed E-state index contributed by atoms with van der Waals surface area (Å²) in [6.07, 6.45) is 4.87. The molecule has 1 saturated carbocycles. The number of rotatable bonds is 5. The molecule has 0 radical (unpaired) electrons. The summed E-state index contributed by atoms with van der Waals surface area (Å²) in [6.45, 7) is 5.59. The van der Waals surface area contributed by atoms with Crippen LogP contribution in [0.3, 0.4) is 0 Å². The lowest BCUT2D eigenvalue weighted by Crippen LogP contribution is -2.39. The van der Waals surface area contributed by atoms with Crippen molar-refractivity contribution in [2.45, 2.75) is 52.9 Å². The molecule has 1 aliphatic carbocycles. The first-order valence-corrected chi connectivity index (χ1v) is 6.18. The number of carbonyl (C=O) groups is 2. The third-order valence-corrected chi connectivity index (χ3v) is 4.03. The first-order valence-electron chi connectivity index (χ1n) is 6.18. The van der Waals surface area contributed by atoms with Crippen molar-refractivity contribution in [3.8, 4) is 0 Å². The van der Waals surface area contributed by atoms with E-state index in [4.69, 9.17) is 5.11 Å². The molecule has 0 bridgehead atoms. The number of carbonyl (C=O) groups excluding carboxylic acids is 1. The minimum Gasteiger partial charge on any atom is -0.481 e. The van der Waals surface area contributed by atoms with E-state index in [2.05, 4.69) is 0 Å². The summed E-state index contributed by atoms with van der Waals surface area (Å²) in [7, 11) is 0. The third kappa shape index (κ3) is 2.45. The second kappa shape index (κ2) is 4.98. The predicted molar refractivity (Wildman–Crippen MR) is 62.2 cm³/mol. The smallest absolute Gasteiger partial charge is 0.314 e. The Morgan fingerprint density at radius 2 is 1.81 bits per heavy atom. The summed E-state index contributed by atoms with van der Waals surface area (Å²) >= 11 is 0. The second-order valence-electron chi connectivity index (χ2n) is 5.37. The highest BCUT2D eigenvalue weighted by Crippen LogP contribution is 2.41. The Morgan fingerprint density at radius 3 is 2.19 bits per heavy atom. The third-order valence-electron chi connectivity index (χ3n) is 4.03. The van der Waals surface area contributed by atoms with Gasteiger partial charge in [0.15, 0.2) is 5.78 Å². The fraction of sp³-hybridized carbons (Fsp3) is 0.846. The molecule has 16 heavy (non-hydrogen) atoms. The zero-order valence-corrected chi connectivity index (χ0v) is 10.5. The van der Waals surface area contributed by atoms with Crippen molar-refractivity contribution < 1.29 is 14.7 Å². The molecule has 3 heteroatoms. The first-order chi connectivity index (χ1) is 7.41. The lowest BCUT2D eigenvalue weighted by atomic mass is 9.70. The molecule has 0 aromatic carbocycles. The summed E-state index contributed by atoms with van der Waals surface area (Å²) in [5, 5.41) is 9.03. The summed E-state index contributed by atoms with van der Waals surface area (Å²) in [6, 6.07) is 0.